The fraction of sp³-hybridized carbons (Fsp3) is 0.441. The molecule has 0 aromatic heterocycles. The van der Waals surface area contributed by atoms with E-state index in [4.69, 9.17) is 33.7 Å². The molecule has 5 rings (SSSR count). The fourth-order valence-corrected chi connectivity index (χ4v) is 6.65. The molecule has 0 aliphatic carbocycles. The predicted octanol–water partition coefficient (Wildman–Crippen LogP) is 6.12. The molecule has 2 saturated heterocycles. The maximum atomic E-state index is 14.5. The van der Waals surface area contributed by atoms with Gasteiger partial charge < -0.3 is 20.3 Å². The maximum absolute atomic E-state index is 14.5. The first kappa shape index (κ1) is 31.7. The standard InChI is InChI=1S/C34H41Cl2FN4O2/c1-2-43-32-8-4-7-31(37)30(32)23-40-17-19-41(20-18-40)34(42)33(38)24-11-14-39(15-12-24)16-13-26-22-28(36)9-10-29(26)25-5-3-6-27(35)21-25/h3-10,21-22,24,33H,2,11-20,23,38H2,1H3/t33-/m1/s1. The van der Waals surface area contributed by atoms with E-state index in [2.05, 4.69) is 21.9 Å². The molecule has 0 spiro atoms. The molecular weight excluding hydrogens is 586 g/mol. The molecule has 0 unspecified atom stereocenters. The van der Waals surface area contributed by atoms with Gasteiger partial charge in [-0.05, 0) is 98.3 Å². The van der Waals surface area contributed by atoms with Crippen molar-refractivity contribution in [3.8, 4) is 16.9 Å². The molecule has 3 aromatic carbocycles. The normalized spacial score (nSPS) is 17.7. The molecule has 2 heterocycles. The number of likely N-dealkylation sites (tertiary alicyclic amines) is 1. The van der Waals surface area contributed by atoms with Crippen LogP contribution in [0, 0.1) is 11.7 Å². The Bertz CT molecular complexity index is 1390. The van der Waals surface area contributed by atoms with Gasteiger partial charge in [-0.2, -0.15) is 0 Å². The number of nitrogens with zero attached hydrogens (tertiary/aromatic N) is 3. The van der Waals surface area contributed by atoms with Crippen molar-refractivity contribution >= 4 is 29.1 Å². The number of halogens is 3. The SMILES string of the molecule is CCOc1cccc(F)c1CN1CCN(C(=O)[C@H](N)C2CCN(CCc3cc(Cl)ccc3-c3cccc(Cl)c3)CC2)CC1. The largest absolute Gasteiger partial charge is 0.493 e. The number of benzene rings is 3. The minimum atomic E-state index is -0.493. The van der Waals surface area contributed by atoms with E-state index in [1.165, 1.54) is 11.6 Å². The molecule has 43 heavy (non-hydrogen) atoms. The number of carbonyl (C=O) groups excluding carboxylic acids is 1. The van der Waals surface area contributed by atoms with Crippen LogP contribution in [0.3, 0.4) is 0 Å². The van der Waals surface area contributed by atoms with Gasteiger partial charge in [0.15, 0.2) is 0 Å². The lowest BCUT2D eigenvalue weighted by molar-refractivity contribution is -0.136. The van der Waals surface area contributed by atoms with Crippen molar-refractivity contribution in [1.29, 1.82) is 0 Å². The van der Waals surface area contributed by atoms with Crippen molar-refractivity contribution in [1.82, 2.24) is 14.7 Å². The summed E-state index contributed by atoms with van der Waals surface area (Å²) < 4.78 is 20.2. The summed E-state index contributed by atoms with van der Waals surface area (Å²) in [6.07, 6.45) is 2.68. The Morgan fingerprint density at radius 1 is 0.953 bits per heavy atom. The topological polar surface area (TPSA) is 62.0 Å². The van der Waals surface area contributed by atoms with Gasteiger partial charge in [-0.15, -0.1) is 0 Å². The number of ether oxygens (including phenoxy) is 1. The van der Waals surface area contributed by atoms with Gasteiger partial charge in [0.05, 0.1) is 12.6 Å². The number of hydrogen-bond donors (Lipinski definition) is 1. The quantitative estimate of drug-likeness (QED) is 0.294. The van der Waals surface area contributed by atoms with E-state index in [9.17, 15) is 9.18 Å². The lowest BCUT2D eigenvalue weighted by Crippen LogP contribution is -2.55. The Morgan fingerprint density at radius 3 is 2.40 bits per heavy atom. The highest BCUT2D eigenvalue weighted by Crippen LogP contribution is 2.30. The van der Waals surface area contributed by atoms with Crippen LogP contribution in [-0.4, -0.2) is 79.1 Å². The first-order valence-corrected chi connectivity index (χ1v) is 16.0. The third-order valence-corrected chi connectivity index (χ3v) is 9.24. The second-order valence-corrected chi connectivity index (χ2v) is 12.4. The highest BCUT2D eigenvalue weighted by molar-refractivity contribution is 6.31. The summed E-state index contributed by atoms with van der Waals surface area (Å²) in [5.41, 5.74) is 10.6. The van der Waals surface area contributed by atoms with Crippen molar-refractivity contribution in [3.05, 3.63) is 87.7 Å². The fourth-order valence-electron chi connectivity index (χ4n) is 6.27. The van der Waals surface area contributed by atoms with Crippen LogP contribution in [0.15, 0.2) is 60.7 Å². The van der Waals surface area contributed by atoms with Crippen molar-refractivity contribution < 1.29 is 13.9 Å². The van der Waals surface area contributed by atoms with Crippen molar-refractivity contribution in [2.45, 2.75) is 38.8 Å². The van der Waals surface area contributed by atoms with Crippen molar-refractivity contribution in [3.63, 3.8) is 0 Å². The number of piperidine rings is 1. The van der Waals surface area contributed by atoms with Crippen LogP contribution in [0.1, 0.15) is 30.9 Å². The molecule has 2 N–H and O–H groups in total. The molecule has 2 fully saturated rings. The van der Waals surface area contributed by atoms with Gasteiger partial charge in [0.2, 0.25) is 5.91 Å². The van der Waals surface area contributed by atoms with Crippen LogP contribution in [0.25, 0.3) is 11.1 Å². The number of amides is 1. The molecule has 1 atom stereocenters. The Morgan fingerprint density at radius 2 is 1.67 bits per heavy atom. The molecule has 1 amide bonds. The summed E-state index contributed by atoms with van der Waals surface area (Å²) >= 11 is 12.6. The number of rotatable bonds is 10. The minimum absolute atomic E-state index is 0.0316. The van der Waals surface area contributed by atoms with E-state index in [1.54, 1.807) is 6.07 Å². The Balaban J connectivity index is 1.09. The van der Waals surface area contributed by atoms with Crippen molar-refractivity contribution in [2.75, 3.05) is 52.4 Å². The van der Waals surface area contributed by atoms with E-state index in [0.717, 1.165) is 55.0 Å². The molecule has 2 aliphatic rings. The zero-order valence-corrected chi connectivity index (χ0v) is 26.3. The number of carbonyl (C=O) groups is 1. The van der Waals surface area contributed by atoms with Gasteiger partial charge in [-0.1, -0.05) is 47.5 Å². The summed E-state index contributed by atoms with van der Waals surface area (Å²) in [6, 6.07) is 18.4. The smallest absolute Gasteiger partial charge is 0.239 e. The van der Waals surface area contributed by atoms with E-state index >= 15 is 0 Å². The van der Waals surface area contributed by atoms with Crippen LogP contribution < -0.4 is 10.5 Å². The number of piperazine rings is 1. The average molecular weight is 628 g/mol. The Labute approximate surface area is 264 Å². The van der Waals surface area contributed by atoms with Crippen LogP contribution >= 0.6 is 23.2 Å². The molecule has 9 heteroatoms. The van der Waals surface area contributed by atoms with Crippen molar-refractivity contribution in [2.24, 2.45) is 11.7 Å². The molecule has 6 nitrogen and oxygen atoms in total. The monoisotopic (exact) mass is 626 g/mol. The van der Waals surface area contributed by atoms with Crippen LogP contribution in [0.4, 0.5) is 4.39 Å². The van der Waals surface area contributed by atoms with E-state index in [0.29, 0.717) is 55.7 Å². The van der Waals surface area contributed by atoms with Gasteiger partial charge in [0, 0.05) is 54.9 Å². The predicted molar refractivity (Wildman–Crippen MR) is 172 cm³/mol. The van der Waals surface area contributed by atoms with E-state index < -0.39 is 6.04 Å². The molecule has 230 valence electrons. The first-order chi connectivity index (χ1) is 20.8. The van der Waals surface area contributed by atoms with Crippen LogP contribution in [0.5, 0.6) is 5.75 Å². The third kappa shape index (κ3) is 8.08. The number of nitrogens with two attached hydrogens (primary N) is 1. The Kier molecular flexibility index (Phi) is 11.0. The minimum Gasteiger partial charge on any atom is -0.493 e. The first-order valence-electron chi connectivity index (χ1n) is 15.3. The summed E-state index contributed by atoms with van der Waals surface area (Å²) in [6.45, 7) is 8.14. The second-order valence-electron chi connectivity index (χ2n) is 11.5. The third-order valence-electron chi connectivity index (χ3n) is 8.77. The van der Waals surface area contributed by atoms with E-state index in [-0.39, 0.29) is 17.6 Å². The molecule has 3 aromatic rings. The van der Waals surface area contributed by atoms with Gasteiger partial charge in [-0.25, -0.2) is 4.39 Å². The van der Waals surface area contributed by atoms with Gasteiger partial charge >= 0.3 is 0 Å². The van der Waals surface area contributed by atoms with Crippen LogP contribution in [0.2, 0.25) is 10.0 Å². The molecular formula is C34H41Cl2FN4O2. The zero-order chi connectivity index (χ0) is 30.3. The lowest BCUT2D eigenvalue weighted by Gasteiger charge is -2.39. The number of hydrogen-bond acceptors (Lipinski definition) is 5. The summed E-state index contributed by atoms with van der Waals surface area (Å²) in [5, 5.41) is 1.44. The summed E-state index contributed by atoms with van der Waals surface area (Å²) in [4.78, 5) is 19.9. The van der Waals surface area contributed by atoms with Gasteiger partial charge in [-0.3, -0.25) is 9.69 Å². The van der Waals surface area contributed by atoms with Gasteiger partial charge in [0.25, 0.3) is 0 Å². The van der Waals surface area contributed by atoms with Gasteiger partial charge in [0.1, 0.15) is 11.6 Å². The van der Waals surface area contributed by atoms with E-state index in [1.807, 2.05) is 48.2 Å². The lowest BCUT2D eigenvalue weighted by atomic mass is 9.88. The second kappa shape index (κ2) is 14.9. The molecule has 0 saturated carbocycles. The highest BCUT2D eigenvalue weighted by atomic mass is 35.5. The molecule has 2 aliphatic heterocycles. The summed E-state index contributed by atoms with van der Waals surface area (Å²) in [7, 11) is 0. The summed E-state index contributed by atoms with van der Waals surface area (Å²) in [5.74, 6) is 0.529. The van der Waals surface area contributed by atoms with Crippen LogP contribution in [-0.2, 0) is 17.8 Å². The highest BCUT2D eigenvalue weighted by Gasteiger charge is 2.33. The molecule has 0 bridgehead atoms. The Hall–Kier alpha value is -2.68. The maximum Gasteiger partial charge on any atom is 0.239 e. The molecule has 0 radical (unpaired) electrons. The zero-order valence-electron chi connectivity index (χ0n) is 24.8. The average Bonchev–Trinajstić information content (AvgIpc) is 3.02.